The van der Waals surface area contributed by atoms with Crippen LogP contribution in [0.4, 0.5) is 5.69 Å². The summed E-state index contributed by atoms with van der Waals surface area (Å²) in [5, 5.41) is 0. The molecule has 2 aliphatic heterocycles. The largest absolute Gasteiger partial charge is 0.399 e. The van der Waals surface area contributed by atoms with E-state index in [1.165, 1.54) is 25.8 Å². The molecule has 1 amide bonds. The van der Waals surface area contributed by atoms with Crippen molar-refractivity contribution in [2.75, 3.05) is 25.9 Å². The van der Waals surface area contributed by atoms with Gasteiger partial charge >= 0.3 is 0 Å². The lowest BCUT2D eigenvalue weighted by Gasteiger charge is -2.33. The molecule has 1 aromatic carbocycles. The molecule has 0 aliphatic carbocycles. The van der Waals surface area contributed by atoms with Gasteiger partial charge in [0.1, 0.15) is 0 Å². The van der Waals surface area contributed by atoms with Gasteiger partial charge in [-0.1, -0.05) is 12.5 Å². The van der Waals surface area contributed by atoms with Crippen LogP contribution in [0.5, 0.6) is 0 Å². The molecule has 0 bridgehead atoms. The quantitative estimate of drug-likeness (QED) is 0.858. The minimum atomic E-state index is 0.144. The molecular formula is C16H23N3O. The molecule has 3 rings (SSSR count). The van der Waals surface area contributed by atoms with Crippen LogP contribution in [-0.2, 0) is 6.54 Å². The Hall–Kier alpha value is -1.55. The van der Waals surface area contributed by atoms with Gasteiger partial charge in [0.25, 0.3) is 5.91 Å². The van der Waals surface area contributed by atoms with Crippen LogP contribution in [0.25, 0.3) is 0 Å². The summed E-state index contributed by atoms with van der Waals surface area (Å²) in [5.41, 5.74) is 8.35. The standard InChI is InChI=1S/C16H23N3O/c1-18-8-3-2-4-14(18)7-9-19-11-12-5-6-13(17)10-15(12)16(19)20/h5-6,10,14H,2-4,7-9,11,17H2,1H3. The number of nitrogens with zero attached hydrogens (tertiary/aromatic N) is 2. The van der Waals surface area contributed by atoms with Crippen LogP contribution in [0, 0.1) is 0 Å². The van der Waals surface area contributed by atoms with Gasteiger partial charge < -0.3 is 15.5 Å². The molecule has 20 heavy (non-hydrogen) atoms. The number of amides is 1. The summed E-state index contributed by atoms with van der Waals surface area (Å²) in [6.07, 6.45) is 4.96. The summed E-state index contributed by atoms with van der Waals surface area (Å²) >= 11 is 0. The highest BCUT2D eigenvalue weighted by Gasteiger charge is 2.28. The van der Waals surface area contributed by atoms with Gasteiger partial charge in [0.05, 0.1) is 0 Å². The van der Waals surface area contributed by atoms with Gasteiger partial charge in [-0.3, -0.25) is 4.79 Å². The molecule has 1 aromatic rings. The highest BCUT2D eigenvalue weighted by molar-refractivity contribution is 5.99. The summed E-state index contributed by atoms with van der Waals surface area (Å²) in [5.74, 6) is 0.144. The minimum Gasteiger partial charge on any atom is -0.399 e. The topological polar surface area (TPSA) is 49.6 Å². The first kappa shape index (κ1) is 13.4. The van der Waals surface area contributed by atoms with E-state index in [-0.39, 0.29) is 5.91 Å². The number of hydrogen-bond donors (Lipinski definition) is 1. The number of anilines is 1. The summed E-state index contributed by atoms with van der Waals surface area (Å²) < 4.78 is 0. The molecule has 1 fully saturated rings. The predicted octanol–water partition coefficient (Wildman–Crippen LogP) is 2.10. The van der Waals surface area contributed by atoms with E-state index in [1.807, 2.05) is 23.1 Å². The van der Waals surface area contributed by atoms with E-state index in [0.717, 1.165) is 30.6 Å². The lowest BCUT2D eigenvalue weighted by Crippen LogP contribution is -2.39. The molecule has 0 saturated carbocycles. The number of piperidine rings is 1. The van der Waals surface area contributed by atoms with Crippen LogP contribution < -0.4 is 5.73 Å². The Bertz CT molecular complexity index is 514. The Balaban J connectivity index is 1.61. The maximum atomic E-state index is 12.4. The van der Waals surface area contributed by atoms with E-state index in [2.05, 4.69) is 11.9 Å². The van der Waals surface area contributed by atoms with Crippen LogP contribution in [0.1, 0.15) is 41.6 Å². The Morgan fingerprint density at radius 2 is 2.20 bits per heavy atom. The average Bonchev–Trinajstić information content (AvgIpc) is 2.75. The lowest BCUT2D eigenvalue weighted by atomic mass is 10.00. The number of hydrogen-bond acceptors (Lipinski definition) is 3. The second kappa shape index (κ2) is 5.44. The number of fused-ring (bicyclic) bond motifs is 1. The van der Waals surface area contributed by atoms with Gasteiger partial charge in [0.2, 0.25) is 0 Å². The Kier molecular flexibility index (Phi) is 3.66. The summed E-state index contributed by atoms with van der Waals surface area (Å²) in [7, 11) is 2.20. The van der Waals surface area contributed by atoms with Crippen molar-refractivity contribution in [2.45, 2.75) is 38.3 Å². The highest BCUT2D eigenvalue weighted by atomic mass is 16.2. The molecule has 2 N–H and O–H groups in total. The molecule has 0 aromatic heterocycles. The molecular weight excluding hydrogens is 250 g/mol. The van der Waals surface area contributed by atoms with Crippen LogP contribution in [0.3, 0.4) is 0 Å². The number of carbonyl (C=O) groups excluding carboxylic acids is 1. The summed E-state index contributed by atoms with van der Waals surface area (Å²) in [6, 6.07) is 6.30. The van der Waals surface area contributed by atoms with Crippen molar-refractivity contribution in [3.63, 3.8) is 0 Å². The third-order valence-corrected chi connectivity index (χ3v) is 4.67. The molecule has 1 saturated heterocycles. The molecule has 108 valence electrons. The smallest absolute Gasteiger partial charge is 0.254 e. The average molecular weight is 273 g/mol. The highest BCUT2D eigenvalue weighted by Crippen LogP contribution is 2.26. The fourth-order valence-corrected chi connectivity index (χ4v) is 3.37. The van der Waals surface area contributed by atoms with E-state index < -0.39 is 0 Å². The van der Waals surface area contributed by atoms with Crippen molar-refractivity contribution in [2.24, 2.45) is 0 Å². The minimum absolute atomic E-state index is 0.144. The molecule has 4 heteroatoms. The normalized spacial score (nSPS) is 23.1. The summed E-state index contributed by atoms with van der Waals surface area (Å²) in [6.45, 7) is 2.78. The van der Waals surface area contributed by atoms with Crippen molar-refractivity contribution >= 4 is 11.6 Å². The fourth-order valence-electron chi connectivity index (χ4n) is 3.37. The first-order chi connectivity index (χ1) is 9.65. The molecule has 1 unspecified atom stereocenters. The van der Waals surface area contributed by atoms with Crippen molar-refractivity contribution in [1.82, 2.24) is 9.80 Å². The van der Waals surface area contributed by atoms with Crippen LogP contribution in [0.15, 0.2) is 18.2 Å². The zero-order chi connectivity index (χ0) is 14.1. The van der Waals surface area contributed by atoms with Gasteiger partial charge in [-0.25, -0.2) is 0 Å². The Labute approximate surface area is 120 Å². The number of likely N-dealkylation sites (tertiary alicyclic amines) is 1. The molecule has 2 aliphatic rings. The van der Waals surface area contributed by atoms with E-state index in [0.29, 0.717) is 11.7 Å². The number of nitrogen functional groups attached to an aromatic ring is 1. The van der Waals surface area contributed by atoms with Gasteiger partial charge in [0, 0.05) is 30.4 Å². The third kappa shape index (κ3) is 2.52. The molecule has 0 spiro atoms. The van der Waals surface area contributed by atoms with Crippen molar-refractivity contribution < 1.29 is 4.79 Å². The maximum absolute atomic E-state index is 12.4. The van der Waals surface area contributed by atoms with E-state index in [9.17, 15) is 4.79 Å². The van der Waals surface area contributed by atoms with Crippen molar-refractivity contribution in [3.05, 3.63) is 29.3 Å². The van der Waals surface area contributed by atoms with E-state index >= 15 is 0 Å². The number of benzene rings is 1. The van der Waals surface area contributed by atoms with Gasteiger partial charge in [-0.15, -0.1) is 0 Å². The van der Waals surface area contributed by atoms with Gasteiger partial charge in [0.15, 0.2) is 0 Å². The lowest BCUT2D eigenvalue weighted by molar-refractivity contribution is 0.0750. The van der Waals surface area contributed by atoms with Crippen LogP contribution >= 0.6 is 0 Å². The predicted molar refractivity (Wildman–Crippen MR) is 80.5 cm³/mol. The third-order valence-electron chi connectivity index (χ3n) is 4.67. The molecule has 1 atom stereocenters. The second-order valence-electron chi connectivity index (χ2n) is 6.06. The van der Waals surface area contributed by atoms with E-state index in [1.54, 1.807) is 0 Å². The van der Waals surface area contributed by atoms with Crippen LogP contribution in [-0.4, -0.2) is 41.9 Å². The van der Waals surface area contributed by atoms with Crippen molar-refractivity contribution in [3.8, 4) is 0 Å². The zero-order valence-corrected chi connectivity index (χ0v) is 12.1. The Morgan fingerprint density at radius 3 is 3.00 bits per heavy atom. The first-order valence-electron chi connectivity index (χ1n) is 7.53. The molecule has 0 radical (unpaired) electrons. The SMILES string of the molecule is CN1CCCCC1CCN1Cc2ccc(N)cc2C1=O. The monoisotopic (exact) mass is 273 g/mol. The van der Waals surface area contributed by atoms with Gasteiger partial charge in [-0.2, -0.15) is 0 Å². The van der Waals surface area contributed by atoms with Crippen LogP contribution in [0.2, 0.25) is 0 Å². The molecule has 4 nitrogen and oxygen atoms in total. The Morgan fingerprint density at radius 1 is 1.35 bits per heavy atom. The van der Waals surface area contributed by atoms with Gasteiger partial charge in [-0.05, 0) is 50.6 Å². The second-order valence-corrected chi connectivity index (χ2v) is 6.06. The fraction of sp³-hybridized carbons (Fsp3) is 0.562. The first-order valence-corrected chi connectivity index (χ1v) is 7.53. The zero-order valence-electron chi connectivity index (χ0n) is 12.1. The number of nitrogens with two attached hydrogens (primary N) is 1. The number of carbonyl (C=O) groups is 1. The van der Waals surface area contributed by atoms with Crippen molar-refractivity contribution in [1.29, 1.82) is 0 Å². The summed E-state index contributed by atoms with van der Waals surface area (Å²) in [4.78, 5) is 16.8. The van der Waals surface area contributed by atoms with E-state index in [4.69, 9.17) is 5.73 Å². The maximum Gasteiger partial charge on any atom is 0.254 e. The number of rotatable bonds is 3. The molecule has 2 heterocycles.